The van der Waals surface area contributed by atoms with E-state index in [0.717, 1.165) is 5.56 Å². The van der Waals surface area contributed by atoms with Gasteiger partial charge in [0, 0.05) is 17.1 Å². The van der Waals surface area contributed by atoms with Crippen LogP contribution in [0.1, 0.15) is 17.2 Å². The van der Waals surface area contributed by atoms with Crippen molar-refractivity contribution < 1.29 is 9.50 Å². The molecule has 0 saturated carbocycles. The summed E-state index contributed by atoms with van der Waals surface area (Å²) >= 11 is 5.70. The molecule has 0 saturated heterocycles. The third kappa shape index (κ3) is 3.77. The van der Waals surface area contributed by atoms with Crippen molar-refractivity contribution in [3.8, 4) is 0 Å². The average molecular weight is 280 g/mol. The summed E-state index contributed by atoms with van der Waals surface area (Å²) in [5.41, 5.74) is 1.50. The predicted octanol–water partition coefficient (Wildman–Crippen LogP) is 3.30. The lowest BCUT2D eigenvalue weighted by atomic mass is 10.1. The summed E-state index contributed by atoms with van der Waals surface area (Å²) in [4.78, 5) is 0. The Morgan fingerprint density at radius 3 is 2.53 bits per heavy atom. The van der Waals surface area contributed by atoms with Crippen LogP contribution in [0.25, 0.3) is 0 Å². The fourth-order valence-corrected chi connectivity index (χ4v) is 2.03. The van der Waals surface area contributed by atoms with E-state index in [0.29, 0.717) is 17.1 Å². The lowest BCUT2D eigenvalue weighted by Crippen LogP contribution is -2.24. The number of aliphatic hydroxyl groups is 1. The van der Waals surface area contributed by atoms with Gasteiger partial charge < -0.3 is 10.4 Å². The van der Waals surface area contributed by atoms with Crippen molar-refractivity contribution in [2.45, 2.75) is 12.6 Å². The van der Waals surface area contributed by atoms with Crippen LogP contribution in [-0.2, 0) is 6.54 Å². The molecule has 19 heavy (non-hydrogen) atoms. The molecule has 1 atom stereocenters. The van der Waals surface area contributed by atoms with Gasteiger partial charge in [-0.1, -0.05) is 48.0 Å². The first-order valence-corrected chi connectivity index (χ1v) is 6.41. The quantitative estimate of drug-likeness (QED) is 0.880. The second kappa shape index (κ2) is 6.66. The van der Waals surface area contributed by atoms with E-state index in [9.17, 15) is 9.50 Å². The lowest BCUT2D eigenvalue weighted by molar-refractivity contribution is 0.243. The first-order chi connectivity index (χ1) is 9.20. The second-order valence-corrected chi connectivity index (χ2v) is 4.70. The van der Waals surface area contributed by atoms with Gasteiger partial charge in [0.25, 0.3) is 0 Å². The van der Waals surface area contributed by atoms with Crippen LogP contribution in [-0.4, -0.2) is 11.7 Å². The maximum atomic E-state index is 13.6. The molecule has 0 aliphatic carbocycles. The van der Waals surface area contributed by atoms with E-state index in [1.165, 1.54) is 6.07 Å². The molecule has 0 amide bonds. The van der Waals surface area contributed by atoms with Crippen LogP contribution in [0.3, 0.4) is 0 Å². The van der Waals surface area contributed by atoms with Gasteiger partial charge in [-0.2, -0.15) is 0 Å². The number of hydrogen-bond acceptors (Lipinski definition) is 2. The molecule has 0 unspecified atom stereocenters. The number of hydrogen-bond donors (Lipinski definition) is 2. The summed E-state index contributed by atoms with van der Waals surface area (Å²) < 4.78 is 13.6. The lowest BCUT2D eigenvalue weighted by Gasteiger charge is -2.17. The van der Waals surface area contributed by atoms with E-state index >= 15 is 0 Å². The Morgan fingerprint density at radius 1 is 1.16 bits per heavy atom. The van der Waals surface area contributed by atoms with E-state index in [2.05, 4.69) is 5.32 Å². The molecule has 4 heteroatoms. The summed E-state index contributed by atoms with van der Waals surface area (Å²) in [6.45, 7) is 0.294. The van der Waals surface area contributed by atoms with Crippen LogP contribution in [0.5, 0.6) is 0 Å². The summed E-state index contributed by atoms with van der Waals surface area (Å²) in [5, 5.41) is 12.9. The molecule has 0 spiro atoms. The van der Waals surface area contributed by atoms with Gasteiger partial charge in [0.1, 0.15) is 5.82 Å². The molecule has 2 rings (SSSR count). The van der Waals surface area contributed by atoms with Crippen LogP contribution >= 0.6 is 11.6 Å². The van der Waals surface area contributed by atoms with Gasteiger partial charge in [-0.3, -0.25) is 0 Å². The third-order valence-corrected chi connectivity index (χ3v) is 3.17. The van der Waals surface area contributed by atoms with Gasteiger partial charge >= 0.3 is 0 Å². The van der Waals surface area contributed by atoms with Gasteiger partial charge in [0.15, 0.2) is 0 Å². The van der Waals surface area contributed by atoms with Gasteiger partial charge in [-0.25, -0.2) is 4.39 Å². The van der Waals surface area contributed by atoms with Crippen molar-refractivity contribution in [2.75, 3.05) is 6.61 Å². The summed E-state index contributed by atoms with van der Waals surface area (Å²) in [6, 6.07) is 13.9. The van der Waals surface area contributed by atoms with Crippen molar-refractivity contribution in [3.05, 3.63) is 70.5 Å². The van der Waals surface area contributed by atoms with Crippen molar-refractivity contribution >= 4 is 11.6 Å². The molecule has 2 N–H and O–H groups in total. The molecule has 100 valence electrons. The van der Waals surface area contributed by atoms with Crippen LogP contribution < -0.4 is 5.32 Å². The van der Waals surface area contributed by atoms with Gasteiger partial charge in [-0.05, 0) is 17.7 Å². The number of aliphatic hydroxyl groups excluding tert-OH is 1. The molecule has 2 nitrogen and oxygen atoms in total. The number of halogens is 2. The highest BCUT2D eigenvalue weighted by Crippen LogP contribution is 2.17. The van der Waals surface area contributed by atoms with Crippen LogP contribution in [0.4, 0.5) is 4.39 Å². The van der Waals surface area contributed by atoms with Crippen LogP contribution in [0, 0.1) is 5.82 Å². The van der Waals surface area contributed by atoms with E-state index in [1.807, 2.05) is 30.3 Å². The van der Waals surface area contributed by atoms with E-state index in [-0.39, 0.29) is 18.5 Å². The molecule has 0 aromatic heterocycles. The Balaban J connectivity index is 2.04. The van der Waals surface area contributed by atoms with Crippen molar-refractivity contribution in [1.29, 1.82) is 0 Å². The maximum Gasteiger partial charge on any atom is 0.129 e. The van der Waals surface area contributed by atoms with E-state index in [1.54, 1.807) is 12.1 Å². The van der Waals surface area contributed by atoms with Crippen molar-refractivity contribution in [2.24, 2.45) is 0 Å². The second-order valence-electron chi connectivity index (χ2n) is 4.26. The Kier molecular flexibility index (Phi) is 4.91. The molecular weight excluding hydrogens is 265 g/mol. The third-order valence-electron chi connectivity index (χ3n) is 2.94. The molecule has 0 radical (unpaired) electrons. The smallest absolute Gasteiger partial charge is 0.129 e. The normalized spacial score (nSPS) is 12.4. The first kappa shape index (κ1) is 14.0. The minimum atomic E-state index is -0.343. The fraction of sp³-hybridized carbons (Fsp3) is 0.200. The van der Waals surface area contributed by atoms with Gasteiger partial charge in [0.05, 0.1) is 12.6 Å². The zero-order valence-electron chi connectivity index (χ0n) is 10.3. The van der Waals surface area contributed by atoms with Gasteiger partial charge in [0.2, 0.25) is 0 Å². The number of benzene rings is 2. The highest BCUT2D eigenvalue weighted by Gasteiger charge is 2.10. The fourth-order valence-electron chi connectivity index (χ4n) is 1.87. The van der Waals surface area contributed by atoms with Crippen molar-refractivity contribution in [1.82, 2.24) is 5.32 Å². The largest absolute Gasteiger partial charge is 0.394 e. The molecule has 0 heterocycles. The first-order valence-electron chi connectivity index (χ1n) is 6.04. The highest BCUT2D eigenvalue weighted by molar-refractivity contribution is 6.30. The molecule has 0 fully saturated rings. The van der Waals surface area contributed by atoms with Crippen LogP contribution in [0.2, 0.25) is 5.02 Å². The van der Waals surface area contributed by atoms with Crippen molar-refractivity contribution in [3.63, 3.8) is 0 Å². The van der Waals surface area contributed by atoms with E-state index in [4.69, 9.17) is 11.6 Å². The molecule has 0 aliphatic rings. The average Bonchev–Trinajstić information content (AvgIpc) is 2.43. The van der Waals surface area contributed by atoms with Gasteiger partial charge in [-0.15, -0.1) is 0 Å². The Bertz CT molecular complexity index is 533. The molecule has 2 aromatic rings. The molecule has 0 aliphatic heterocycles. The zero-order chi connectivity index (χ0) is 13.7. The molecule has 0 bridgehead atoms. The standard InChI is InChI=1S/C15H15ClFNO/c16-13-7-6-12(14(17)8-13)9-18-15(10-19)11-4-2-1-3-5-11/h1-8,15,18-19H,9-10H2/t15-/m0/s1. The Morgan fingerprint density at radius 2 is 1.89 bits per heavy atom. The monoisotopic (exact) mass is 279 g/mol. The number of nitrogens with one attached hydrogen (secondary N) is 1. The summed E-state index contributed by atoms with van der Waals surface area (Å²) in [7, 11) is 0. The topological polar surface area (TPSA) is 32.3 Å². The minimum Gasteiger partial charge on any atom is -0.394 e. The Labute approximate surface area is 116 Å². The zero-order valence-corrected chi connectivity index (χ0v) is 11.1. The maximum absolute atomic E-state index is 13.6. The predicted molar refractivity (Wildman–Crippen MR) is 74.5 cm³/mol. The SMILES string of the molecule is OC[C@H](NCc1ccc(Cl)cc1F)c1ccccc1. The number of rotatable bonds is 5. The summed E-state index contributed by atoms with van der Waals surface area (Å²) in [6.07, 6.45) is 0. The minimum absolute atomic E-state index is 0.0424. The molecule has 2 aromatic carbocycles. The van der Waals surface area contributed by atoms with E-state index < -0.39 is 0 Å². The molecular formula is C15H15ClFNO. The Hall–Kier alpha value is -1.42. The van der Waals surface area contributed by atoms with Crippen LogP contribution in [0.15, 0.2) is 48.5 Å². The highest BCUT2D eigenvalue weighted by atomic mass is 35.5. The summed E-state index contributed by atoms with van der Waals surface area (Å²) in [5.74, 6) is -0.343.